The van der Waals surface area contributed by atoms with E-state index in [0.717, 1.165) is 12.8 Å². The van der Waals surface area contributed by atoms with Gasteiger partial charge < -0.3 is 10.1 Å². The van der Waals surface area contributed by atoms with Crippen LogP contribution in [0.25, 0.3) is 0 Å². The first-order chi connectivity index (χ1) is 8.61. The summed E-state index contributed by atoms with van der Waals surface area (Å²) >= 11 is 3.23. The molecule has 98 valence electrons. The summed E-state index contributed by atoms with van der Waals surface area (Å²) in [6, 6.07) is 0. The minimum Gasteiger partial charge on any atom is -0.468 e. The van der Waals surface area contributed by atoms with Gasteiger partial charge in [0.05, 0.1) is 19.0 Å². The normalized spacial score (nSPS) is 14.3. The zero-order valence-electron chi connectivity index (χ0n) is 9.98. The fraction of sp³-hybridized carbons (Fsp3) is 0.545. The zero-order valence-corrected chi connectivity index (χ0v) is 11.6. The van der Waals surface area contributed by atoms with Crippen molar-refractivity contribution in [2.75, 3.05) is 19.0 Å². The second-order valence-electron chi connectivity index (χ2n) is 4.23. The van der Waals surface area contributed by atoms with E-state index in [4.69, 9.17) is 0 Å². The van der Waals surface area contributed by atoms with Gasteiger partial charge in [0, 0.05) is 6.54 Å². The Labute approximate surface area is 112 Å². The highest BCUT2D eigenvalue weighted by molar-refractivity contribution is 9.10. The molecular formula is C11H14BrN3O3. The van der Waals surface area contributed by atoms with E-state index in [1.165, 1.54) is 18.0 Å². The maximum absolute atomic E-state index is 12.0. The lowest BCUT2D eigenvalue weighted by atomic mass is 10.4. The maximum Gasteiger partial charge on any atom is 0.325 e. The molecule has 0 atom stereocenters. The van der Waals surface area contributed by atoms with Crippen LogP contribution >= 0.6 is 15.9 Å². The van der Waals surface area contributed by atoms with Gasteiger partial charge in [-0.1, -0.05) is 0 Å². The largest absolute Gasteiger partial charge is 0.468 e. The smallest absolute Gasteiger partial charge is 0.325 e. The molecule has 1 N–H and O–H groups in total. The van der Waals surface area contributed by atoms with Crippen LogP contribution in [0.3, 0.4) is 0 Å². The molecule has 0 bridgehead atoms. The molecule has 0 amide bonds. The number of halogens is 1. The average Bonchev–Trinajstić information content (AvgIpc) is 3.17. The molecule has 1 saturated carbocycles. The van der Waals surface area contributed by atoms with Gasteiger partial charge in [0.25, 0.3) is 5.56 Å². The minimum atomic E-state index is -0.399. The fourth-order valence-corrected chi connectivity index (χ4v) is 1.95. The van der Waals surface area contributed by atoms with E-state index in [1.54, 1.807) is 0 Å². The first-order valence-electron chi connectivity index (χ1n) is 5.68. The number of anilines is 1. The van der Waals surface area contributed by atoms with Gasteiger partial charge in [-0.05, 0) is 34.7 Å². The number of hydrogen-bond acceptors (Lipinski definition) is 5. The number of rotatable bonds is 5. The molecule has 0 aliphatic heterocycles. The van der Waals surface area contributed by atoms with E-state index >= 15 is 0 Å². The number of esters is 1. The molecule has 1 fully saturated rings. The lowest BCUT2D eigenvalue weighted by molar-refractivity contribution is -0.138. The van der Waals surface area contributed by atoms with E-state index in [9.17, 15) is 9.59 Å². The third kappa shape index (κ3) is 3.10. The van der Waals surface area contributed by atoms with Crippen LogP contribution in [0, 0.1) is 5.92 Å². The van der Waals surface area contributed by atoms with E-state index in [0.29, 0.717) is 22.6 Å². The average molecular weight is 316 g/mol. The molecule has 6 nitrogen and oxygen atoms in total. The maximum atomic E-state index is 12.0. The van der Waals surface area contributed by atoms with Crippen molar-refractivity contribution in [3.63, 3.8) is 0 Å². The molecule has 2 rings (SSSR count). The number of methoxy groups -OCH3 is 1. The number of aromatic nitrogens is 2. The molecule has 0 spiro atoms. The van der Waals surface area contributed by atoms with Gasteiger partial charge in [-0.25, -0.2) is 4.68 Å². The molecule has 0 aromatic carbocycles. The molecule has 18 heavy (non-hydrogen) atoms. The number of nitrogens with one attached hydrogen (secondary N) is 1. The minimum absolute atomic E-state index is 0.00284. The van der Waals surface area contributed by atoms with Crippen molar-refractivity contribution in [3.05, 3.63) is 21.0 Å². The number of hydrogen-bond donors (Lipinski definition) is 1. The van der Waals surface area contributed by atoms with Gasteiger partial charge >= 0.3 is 5.97 Å². The molecule has 1 aliphatic carbocycles. The van der Waals surface area contributed by atoms with E-state index in [2.05, 4.69) is 31.1 Å². The quantitative estimate of drug-likeness (QED) is 0.821. The monoisotopic (exact) mass is 315 g/mol. The van der Waals surface area contributed by atoms with Crippen molar-refractivity contribution in [2.45, 2.75) is 19.4 Å². The summed E-state index contributed by atoms with van der Waals surface area (Å²) in [5.41, 5.74) is 0.314. The molecule has 7 heteroatoms. The topological polar surface area (TPSA) is 73.2 Å². The first-order valence-corrected chi connectivity index (χ1v) is 6.47. The highest BCUT2D eigenvalue weighted by Crippen LogP contribution is 2.30. The third-order valence-electron chi connectivity index (χ3n) is 2.76. The lowest BCUT2D eigenvalue weighted by Gasteiger charge is -2.09. The molecule has 0 radical (unpaired) electrons. The molecule has 1 heterocycles. The first kappa shape index (κ1) is 13.1. The van der Waals surface area contributed by atoms with Crippen molar-refractivity contribution < 1.29 is 9.53 Å². The Kier molecular flexibility index (Phi) is 4.00. The second-order valence-corrected chi connectivity index (χ2v) is 5.03. The van der Waals surface area contributed by atoms with Gasteiger partial charge in [0.1, 0.15) is 11.0 Å². The third-order valence-corrected chi connectivity index (χ3v) is 3.53. The number of carbonyl (C=O) groups is 1. The highest BCUT2D eigenvalue weighted by atomic mass is 79.9. The van der Waals surface area contributed by atoms with Crippen LogP contribution in [0.4, 0.5) is 5.69 Å². The summed E-state index contributed by atoms with van der Waals surface area (Å²) in [7, 11) is 1.31. The summed E-state index contributed by atoms with van der Waals surface area (Å²) < 4.78 is 6.35. The van der Waals surface area contributed by atoms with Crippen LogP contribution in [0.15, 0.2) is 15.5 Å². The molecule has 1 aliphatic rings. The van der Waals surface area contributed by atoms with Crippen LogP contribution in [0.2, 0.25) is 0 Å². The second kappa shape index (κ2) is 5.51. The summed E-state index contributed by atoms with van der Waals surface area (Å²) in [6.07, 6.45) is 3.86. The van der Waals surface area contributed by atoms with Gasteiger partial charge in [-0.3, -0.25) is 9.59 Å². The van der Waals surface area contributed by atoms with Crippen LogP contribution < -0.4 is 10.9 Å². The number of carbonyl (C=O) groups excluding carboxylic acids is 1. The van der Waals surface area contributed by atoms with Crippen LogP contribution in [0.1, 0.15) is 12.8 Å². The van der Waals surface area contributed by atoms with E-state index < -0.39 is 5.97 Å². The van der Waals surface area contributed by atoms with Gasteiger partial charge in [-0.15, -0.1) is 0 Å². The Morgan fingerprint density at radius 3 is 3.00 bits per heavy atom. The predicted octanol–water partition coefficient (Wildman–Crippen LogP) is 1.00. The van der Waals surface area contributed by atoms with Crippen molar-refractivity contribution in [3.8, 4) is 0 Å². The molecular weight excluding hydrogens is 302 g/mol. The molecule has 1 aromatic rings. The number of ether oxygens (including phenoxy) is 1. The van der Waals surface area contributed by atoms with E-state index in [1.807, 2.05) is 0 Å². The SMILES string of the molecule is COC(=O)CNc1cnn(CC2CC2)c(=O)c1Br. The Bertz CT molecular complexity index is 511. The van der Waals surface area contributed by atoms with Gasteiger partial charge in [0.2, 0.25) is 0 Å². The van der Waals surface area contributed by atoms with Crippen LogP contribution in [0.5, 0.6) is 0 Å². The lowest BCUT2D eigenvalue weighted by Crippen LogP contribution is -2.26. The highest BCUT2D eigenvalue weighted by Gasteiger charge is 2.23. The molecule has 0 saturated heterocycles. The fourth-order valence-electron chi connectivity index (χ4n) is 1.50. The molecule has 0 unspecified atom stereocenters. The summed E-state index contributed by atoms with van der Waals surface area (Å²) in [6.45, 7) is 0.664. The summed E-state index contributed by atoms with van der Waals surface area (Å²) in [4.78, 5) is 23.0. The van der Waals surface area contributed by atoms with Crippen molar-refractivity contribution in [1.82, 2.24) is 9.78 Å². The zero-order chi connectivity index (χ0) is 13.1. The van der Waals surface area contributed by atoms with Gasteiger partial charge in [0.15, 0.2) is 0 Å². The summed E-state index contributed by atoms with van der Waals surface area (Å²) in [5.74, 6) is 0.181. The van der Waals surface area contributed by atoms with Crippen molar-refractivity contribution in [2.24, 2.45) is 5.92 Å². The Hall–Kier alpha value is -1.37. The molecule has 1 aromatic heterocycles. The van der Waals surface area contributed by atoms with E-state index in [-0.39, 0.29) is 12.1 Å². The van der Waals surface area contributed by atoms with Crippen LogP contribution in [-0.2, 0) is 16.1 Å². The Morgan fingerprint density at radius 2 is 2.39 bits per heavy atom. The van der Waals surface area contributed by atoms with Gasteiger partial charge in [-0.2, -0.15) is 5.10 Å². The van der Waals surface area contributed by atoms with Crippen molar-refractivity contribution >= 4 is 27.6 Å². The van der Waals surface area contributed by atoms with Crippen molar-refractivity contribution in [1.29, 1.82) is 0 Å². The Morgan fingerprint density at radius 1 is 1.67 bits per heavy atom. The predicted molar refractivity (Wildman–Crippen MR) is 69.4 cm³/mol. The number of nitrogens with zero attached hydrogens (tertiary/aromatic N) is 2. The summed E-state index contributed by atoms with van der Waals surface area (Å²) in [5, 5.41) is 6.89. The Balaban J connectivity index is 2.10. The van der Waals surface area contributed by atoms with Crippen LogP contribution in [-0.4, -0.2) is 29.4 Å². The standard InChI is InChI=1S/C11H14BrN3O3/c1-18-9(16)5-13-8-4-14-15(6-7-2-3-7)11(17)10(8)12/h4,7,13H,2-3,5-6H2,1H3.